The summed E-state index contributed by atoms with van der Waals surface area (Å²) < 4.78 is 34.3. The van der Waals surface area contributed by atoms with Gasteiger partial charge in [0.1, 0.15) is 5.75 Å². The van der Waals surface area contributed by atoms with E-state index in [1.165, 1.54) is 29.1 Å². The van der Waals surface area contributed by atoms with Gasteiger partial charge in [0.2, 0.25) is 0 Å². The zero-order valence-corrected chi connectivity index (χ0v) is 21.9. The Morgan fingerprint density at radius 1 is 0.946 bits per heavy atom. The van der Waals surface area contributed by atoms with Crippen molar-refractivity contribution >= 4 is 21.6 Å². The first-order valence-corrected chi connectivity index (χ1v) is 14.3. The van der Waals surface area contributed by atoms with Gasteiger partial charge >= 0.3 is 0 Å². The van der Waals surface area contributed by atoms with Gasteiger partial charge in [0.25, 0.3) is 15.9 Å². The average molecular weight is 520 g/mol. The number of rotatable bonds is 7. The Hall–Kier alpha value is -3.36. The van der Waals surface area contributed by atoms with Gasteiger partial charge in [-0.15, -0.1) is 0 Å². The van der Waals surface area contributed by atoms with Crippen LogP contribution in [-0.2, 0) is 27.9 Å². The Balaban J connectivity index is 1.31. The van der Waals surface area contributed by atoms with Crippen molar-refractivity contribution in [3.8, 4) is 5.75 Å². The Kier molecular flexibility index (Phi) is 7.48. The number of fused-ring (bicyclic) bond motifs is 1. The molecule has 1 N–H and O–H groups in total. The van der Waals surface area contributed by atoms with Crippen LogP contribution in [-0.4, -0.2) is 45.0 Å². The summed E-state index contributed by atoms with van der Waals surface area (Å²) in [4.78, 5) is 15.9. The Bertz CT molecular complexity index is 1350. The molecule has 0 bridgehead atoms. The van der Waals surface area contributed by atoms with Gasteiger partial charge < -0.3 is 10.1 Å². The molecule has 1 saturated heterocycles. The van der Waals surface area contributed by atoms with Crippen molar-refractivity contribution in [2.45, 2.75) is 50.3 Å². The molecule has 3 aromatic carbocycles. The minimum atomic E-state index is -3.87. The third kappa shape index (κ3) is 5.81. The molecule has 0 aromatic heterocycles. The summed E-state index contributed by atoms with van der Waals surface area (Å²) in [5.41, 5.74) is 3.59. The van der Waals surface area contributed by atoms with E-state index in [1.807, 2.05) is 25.1 Å². The molecule has 2 heterocycles. The molecular weight excluding hydrogens is 486 g/mol. The van der Waals surface area contributed by atoms with Crippen LogP contribution in [0.15, 0.2) is 77.7 Å². The molecule has 0 saturated carbocycles. The molecule has 8 heteroatoms. The predicted molar refractivity (Wildman–Crippen MR) is 144 cm³/mol. The van der Waals surface area contributed by atoms with Crippen molar-refractivity contribution in [2.24, 2.45) is 0 Å². The number of carbonyl (C=O) groups excluding carboxylic acids is 1. The highest BCUT2D eigenvalue weighted by atomic mass is 32.2. The van der Waals surface area contributed by atoms with Gasteiger partial charge in [0.15, 0.2) is 6.10 Å². The lowest BCUT2D eigenvalue weighted by molar-refractivity contribution is -0.127. The molecule has 194 valence electrons. The minimum Gasteiger partial charge on any atom is -0.476 e. The number of hydrogen-bond acceptors (Lipinski definition) is 5. The summed E-state index contributed by atoms with van der Waals surface area (Å²) in [5.74, 6) is 0.0382. The molecule has 2 aliphatic rings. The van der Waals surface area contributed by atoms with Crippen LogP contribution in [0, 0.1) is 6.92 Å². The molecule has 2 aliphatic heterocycles. The average Bonchev–Trinajstić information content (AvgIpc) is 2.92. The number of ether oxygens (including phenoxy) is 1. The van der Waals surface area contributed by atoms with Crippen molar-refractivity contribution in [2.75, 3.05) is 23.9 Å². The first-order chi connectivity index (χ1) is 17.9. The highest BCUT2D eigenvalue weighted by molar-refractivity contribution is 7.92. The zero-order valence-electron chi connectivity index (χ0n) is 21.1. The molecule has 0 radical (unpaired) electrons. The number of sulfonamides is 1. The quantitative estimate of drug-likeness (QED) is 0.505. The third-order valence-corrected chi connectivity index (χ3v) is 8.72. The topological polar surface area (TPSA) is 79.0 Å². The number of anilines is 1. The number of amides is 1. The zero-order chi connectivity index (χ0) is 25.8. The number of carbonyl (C=O) groups is 1. The lowest BCUT2D eigenvalue weighted by Gasteiger charge is -2.35. The number of nitrogens with zero attached hydrogens (tertiary/aromatic N) is 2. The second kappa shape index (κ2) is 10.9. The van der Waals surface area contributed by atoms with E-state index in [9.17, 15) is 13.2 Å². The van der Waals surface area contributed by atoms with Crippen LogP contribution in [0.1, 0.15) is 36.0 Å². The van der Waals surface area contributed by atoms with Crippen LogP contribution in [0.3, 0.4) is 0 Å². The number of piperidine rings is 1. The summed E-state index contributed by atoms with van der Waals surface area (Å²) in [7, 11) is -3.87. The fraction of sp³-hybridized carbons (Fsp3) is 0.345. The minimum absolute atomic E-state index is 0.103. The van der Waals surface area contributed by atoms with Crippen molar-refractivity contribution in [1.82, 2.24) is 10.2 Å². The highest BCUT2D eigenvalue weighted by Crippen LogP contribution is 2.37. The molecule has 0 aliphatic carbocycles. The summed E-state index contributed by atoms with van der Waals surface area (Å²) in [5, 5.41) is 2.96. The van der Waals surface area contributed by atoms with Crippen molar-refractivity contribution < 1.29 is 17.9 Å². The van der Waals surface area contributed by atoms with Crippen LogP contribution in [0.5, 0.6) is 5.75 Å². The van der Waals surface area contributed by atoms with Crippen LogP contribution < -0.4 is 14.4 Å². The molecule has 7 nitrogen and oxygen atoms in total. The lowest BCUT2D eigenvalue weighted by Crippen LogP contribution is -2.50. The molecular formula is C29H33N3O4S. The molecule has 1 atom stereocenters. The summed E-state index contributed by atoms with van der Waals surface area (Å²) in [6.07, 6.45) is 2.83. The fourth-order valence-corrected chi connectivity index (χ4v) is 6.46. The maximum Gasteiger partial charge on any atom is 0.264 e. The maximum atomic E-state index is 13.5. The van der Waals surface area contributed by atoms with E-state index < -0.39 is 16.1 Å². The van der Waals surface area contributed by atoms with Gasteiger partial charge in [-0.3, -0.25) is 14.0 Å². The second-order valence-electron chi connectivity index (χ2n) is 9.80. The largest absolute Gasteiger partial charge is 0.476 e. The third-order valence-electron chi connectivity index (χ3n) is 6.92. The monoisotopic (exact) mass is 519 g/mol. The number of nitrogens with one attached hydrogen (secondary N) is 1. The molecule has 0 unspecified atom stereocenters. The number of benzene rings is 3. The normalized spacial score (nSPS) is 18.1. The van der Waals surface area contributed by atoms with Gasteiger partial charge in [0.05, 0.1) is 17.1 Å². The number of hydrogen-bond donors (Lipinski definition) is 1. The van der Waals surface area contributed by atoms with Crippen LogP contribution >= 0.6 is 0 Å². The summed E-state index contributed by atoms with van der Waals surface area (Å²) in [6.45, 7) is 5.32. The van der Waals surface area contributed by atoms with Gasteiger partial charge in [-0.2, -0.15) is 0 Å². The van der Waals surface area contributed by atoms with E-state index in [2.05, 4.69) is 22.3 Å². The molecule has 5 rings (SSSR count). The van der Waals surface area contributed by atoms with Crippen molar-refractivity contribution in [3.63, 3.8) is 0 Å². The number of aryl methyl sites for hydroxylation is 1. The van der Waals surface area contributed by atoms with E-state index >= 15 is 0 Å². The molecule has 37 heavy (non-hydrogen) atoms. The first kappa shape index (κ1) is 25.3. The SMILES string of the molecule is Cc1ccc2c(c1)O[C@@H](C(=O)NCc1cccc(CN3CCCCC3)c1)CN2S(=O)(=O)c1ccccc1. The van der Waals surface area contributed by atoms with Crippen LogP contribution in [0.2, 0.25) is 0 Å². The Labute approximate surface area is 219 Å². The van der Waals surface area contributed by atoms with Crippen LogP contribution in [0.4, 0.5) is 5.69 Å². The van der Waals surface area contributed by atoms with E-state index in [0.717, 1.165) is 30.8 Å². The van der Waals surface area contributed by atoms with Gasteiger partial charge in [-0.05, 0) is 73.8 Å². The van der Waals surface area contributed by atoms with Crippen LogP contribution in [0.25, 0.3) is 0 Å². The van der Waals surface area contributed by atoms with E-state index in [1.54, 1.807) is 42.5 Å². The van der Waals surface area contributed by atoms with Gasteiger partial charge in [-0.1, -0.05) is 55.0 Å². The highest BCUT2D eigenvalue weighted by Gasteiger charge is 2.37. The van der Waals surface area contributed by atoms with E-state index in [-0.39, 0.29) is 17.3 Å². The Morgan fingerprint density at radius 3 is 2.49 bits per heavy atom. The summed E-state index contributed by atoms with van der Waals surface area (Å²) in [6, 6.07) is 21.9. The van der Waals surface area contributed by atoms with E-state index in [4.69, 9.17) is 4.74 Å². The maximum absolute atomic E-state index is 13.5. The van der Waals surface area contributed by atoms with E-state index in [0.29, 0.717) is 18.0 Å². The number of likely N-dealkylation sites (tertiary alicyclic amines) is 1. The Morgan fingerprint density at radius 2 is 1.70 bits per heavy atom. The van der Waals surface area contributed by atoms with Gasteiger partial charge in [-0.25, -0.2) is 8.42 Å². The standard InChI is InChI=1S/C29H33N3O4S/c1-22-13-14-26-27(17-22)36-28(21-32(26)37(34,35)25-11-4-2-5-12-25)29(33)30-19-23-9-8-10-24(18-23)20-31-15-6-3-7-16-31/h2,4-5,8-14,17-18,28H,3,6-7,15-16,19-21H2,1H3,(H,30,33)/t28-/m1/s1. The molecule has 1 fully saturated rings. The summed E-state index contributed by atoms with van der Waals surface area (Å²) >= 11 is 0. The second-order valence-corrected chi connectivity index (χ2v) is 11.7. The fourth-order valence-electron chi connectivity index (χ4n) is 4.96. The van der Waals surface area contributed by atoms with Crippen molar-refractivity contribution in [1.29, 1.82) is 0 Å². The molecule has 3 aromatic rings. The predicted octanol–water partition coefficient (Wildman–Crippen LogP) is 4.25. The first-order valence-electron chi connectivity index (χ1n) is 12.8. The molecule has 0 spiro atoms. The smallest absolute Gasteiger partial charge is 0.264 e. The van der Waals surface area contributed by atoms with Gasteiger partial charge in [0, 0.05) is 13.1 Å². The van der Waals surface area contributed by atoms with Crippen molar-refractivity contribution in [3.05, 3.63) is 89.5 Å². The molecule has 1 amide bonds. The lowest BCUT2D eigenvalue weighted by atomic mass is 10.1.